The van der Waals surface area contributed by atoms with Crippen LogP contribution < -0.4 is 10.1 Å². The van der Waals surface area contributed by atoms with E-state index in [0.717, 1.165) is 45.7 Å². The van der Waals surface area contributed by atoms with Gasteiger partial charge < -0.3 is 14.8 Å². The monoisotopic (exact) mass is 374 g/mol. The number of carbonyl (C=O) groups is 1. The summed E-state index contributed by atoms with van der Waals surface area (Å²) in [6.45, 7) is 7.06. The molecule has 5 nitrogen and oxygen atoms in total. The molecular formula is C17H24Cl2N2O3. The number of halogens is 2. The van der Waals surface area contributed by atoms with Gasteiger partial charge in [0.25, 0.3) is 5.91 Å². The molecule has 0 radical (unpaired) electrons. The van der Waals surface area contributed by atoms with Crippen LogP contribution >= 0.6 is 23.2 Å². The van der Waals surface area contributed by atoms with E-state index in [-0.39, 0.29) is 5.91 Å². The van der Waals surface area contributed by atoms with Crippen LogP contribution in [0.25, 0.3) is 0 Å². The average molecular weight is 375 g/mol. The lowest BCUT2D eigenvalue weighted by Crippen LogP contribution is -2.38. The van der Waals surface area contributed by atoms with E-state index in [4.69, 9.17) is 32.7 Å². The molecule has 1 heterocycles. The third-order valence-corrected chi connectivity index (χ3v) is 4.62. The third kappa shape index (κ3) is 6.48. The summed E-state index contributed by atoms with van der Waals surface area (Å²) in [7, 11) is 0. The maximum absolute atomic E-state index is 12.0. The highest BCUT2D eigenvalue weighted by Gasteiger charge is 2.15. The van der Waals surface area contributed by atoms with Gasteiger partial charge in [-0.1, -0.05) is 23.2 Å². The summed E-state index contributed by atoms with van der Waals surface area (Å²) in [5.41, 5.74) is 0. The molecule has 134 valence electrons. The van der Waals surface area contributed by atoms with E-state index >= 15 is 0 Å². The van der Waals surface area contributed by atoms with Crippen molar-refractivity contribution in [3.05, 3.63) is 28.2 Å². The summed E-state index contributed by atoms with van der Waals surface area (Å²) < 4.78 is 10.9. The van der Waals surface area contributed by atoms with Gasteiger partial charge in [0, 0.05) is 25.7 Å². The van der Waals surface area contributed by atoms with Crippen molar-refractivity contribution in [2.24, 2.45) is 0 Å². The largest absolute Gasteiger partial charge is 0.481 e. The molecule has 1 atom stereocenters. The number of rotatable bonds is 8. The van der Waals surface area contributed by atoms with Crippen molar-refractivity contribution in [1.82, 2.24) is 10.2 Å². The Morgan fingerprint density at radius 2 is 2.04 bits per heavy atom. The molecule has 0 spiro atoms. The lowest BCUT2D eigenvalue weighted by atomic mass is 10.2. The number of amides is 1. The number of benzene rings is 1. The average Bonchev–Trinajstić information content (AvgIpc) is 2.58. The first-order valence-corrected chi connectivity index (χ1v) is 9.01. The summed E-state index contributed by atoms with van der Waals surface area (Å²) in [5.74, 6) is 0.395. The highest BCUT2D eigenvalue weighted by atomic mass is 35.5. The Hall–Kier alpha value is -1.01. The van der Waals surface area contributed by atoms with Crippen LogP contribution in [0.1, 0.15) is 19.8 Å². The Labute approximate surface area is 153 Å². The minimum Gasteiger partial charge on any atom is -0.481 e. The van der Waals surface area contributed by atoms with Crippen molar-refractivity contribution in [3.8, 4) is 5.75 Å². The van der Waals surface area contributed by atoms with Crippen LogP contribution in [0.5, 0.6) is 5.75 Å². The number of hydrogen-bond donors (Lipinski definition) is 1. The van der Waals surface area contributed by atoms with Gasteiger partial charge in [0.05, 0.1) is 23.3 Å². The van der Waals surface area contributed by atoms with Crippen LogP contribution in [-0.2, 0) is 9.53 Å². The predicted molar refractivity (Wildman–Crippen MR) is 96.1 cm³/mol. The van der Waals surface area contributed by atoms with E-state index in [0.29, 0.717) is 22.3 Å². The van der Waals surface area contributed by atoms with Gasteiger partial charge in [-0.3, -0.25) is 9.69 Å². The second-order valence-corrected chi connectivity index (χ2v) is 6.60. The molecule has 2 rings (SSSR count). The first-order chi connectivity index (χ1) is 11.6. The number of ether oxygens (including phenoxy) is 2. The van der Waals surface area contributed by atoms with Gasteiger partial charge in [0.15, 0.2) is 6.10 Å². The number of hydrogen-bond acceptors (Lipinski definition) is 4. The molecule has 1 saturated heterocycles. The summed E-state index contributed by atoms with van der Waals surface area (Å²) in [6, 6.07) is 4.95. The third-order valence-electron chi connectivity index (χ3n) is 3.88. The van der Waals surface area contributed by atoms with Gasteiger partial charge in [-0.15, -0.1) is 0 Å². The van der Waals surface area contributed by atoms with Gasteiger partial charge in [-0.05, 0) is 38.4 Å². The van der Waals surface area contributed by atoms with E-state index in [1.54, 1.807) is 25.1 Å². The molecular weight excluding hydrogens is 351 g/mol. The zero-order valence-corrected chi connectivity index (χ0v) is 15.4. The SMILES string of the molecule is CC(Oc1ccc(Cl)c(Cl)c1)C(=O)NCCCCN1CCOCC1. The molecule has 7 heteroatoms. The van der Waals surface area contributed by atoms with Crippen LogP contribution in [0.4, 0.5) is 0 Å². The first kappa shape index (κ1) is 19.3. The van der Waals surface area contributed by atoms with Gasteiger partial charge in [-0.25, -0.2) is 0 Å². The molecule has 1 aliphatic heterocycles. The molecule has 24 heavy (non-hydrogen) atoms. The predicted octanol–water partition coefficient (Wildman–Crippen LogP) is 2.99. The zero-order valence-electron chi connectivity index (χ0n) is 13.9. The Morgan fingerprint density at radius 3 is 2.75 bits per heavy atom. The fourth-order valence-corrected chi connectivity index (χ4v) is 2.74. The molecule has 1 unspecified atom stereocenters. The van der Waals surface area contributed by atoms with Crippen LogP contribution in [0, 0.1) is 0 Å². The molecule has 0 bridgehead atoms. The zero-order chi connectivity index (χ0) is 17.4. The minimum atomic E-state index is -0.582. The molecule has 1 fully saturated rings. The summed E-state index contributed by atoms with van der Waals surface area (Å²) in [6.07, 6.45) is 1.42. The smallest absolute Gasteiger partial charge is 0.260 e. The fraction of sp³-hybridized carbons (Fsp3) is 0.588. The molecule has 1 amide bonds. The van der Waals surface area contributed by atoms with Gasteiger partial charge in [0.1, 0.15) is 5.75 Å². The number of carbonyl (C=O) groups excluding carboxylic acids is 1. The van der Waals surface area contributed by atoms with Gasteiger partial charge >= 0.3 is 0 Å². The maximum atomic E-state index is 12.0. The van der Waals surface area contributed by atoms with Crippen LogP contribution in [0.3, 0.4) is 0 Å². The van der Waals surface area contributed by atoms with Crippen LogP contribution in [0.15, 0.2) is 18.2 Å². The summed E-state index contributed by atoms with van der Waals surface area (Å²) in [5, 5.41) is 3.77. The number of unbranched alkanes of at least 4 members (excludes halogenated alkanes) is 1. The molecule has 0 aliphatic carbocycles. The van der Waals surface area contributed by atoms with Gasteiger partial charge in [-0.2, -0.15) is 0 Å². The number of nitrogens with one attached hydrogen (secondary N) is 1. The van der Waals surface area contributed by atoms with Crippen molar-refractivity contribution in [2.45, 2.75) is 25.9 Å². The molecule has 1 aliphatic rings. The van der Waals surface area contributed by atoms with Crippen molar-refractivity contribution in [1.29, 1.82) is 0 Å². The lowest BCUT2D eigenvalue weighted by Gasteiger charge is -2.26. The van der Waals surface area contributed by atoms with E-state index in [1.807, 2.05) is 0 Å². The molecule has 1 N–H and O–H groups in total. The normalized spacial score (nSPS) is 16.6. The first-order valence-electron chi connectivity index (χ1n) is 8.26. The van der Waals surface area contributed by atoms with Crippen molar-refractivity contribution in [3.63, 3.8) is 0 Å². The molecule has 0 saturated carbocycles. The standard InChI is InChI=1S/C17H24Cl2N2O3/c1-13(24-14-4-5-15(18)16(19)12-14)17(22)20-6-2-3-7-21-8-10-23-11-9-21/h4-5,12-13H,2-3,6-11H2,1H3,(H,20,22). The van der Waals surface area contributed by atoms with E-state index in [9.17, 15) is 4.79 Å². The number of morpholine rings is 1. The van der Waals surface area contributed by atoms with Gasteiger partial charge in [0.2, 0.25) is 0 Å². The maximum Gasteiger partial charge on any atom is 0.260 e. The van der Waals surface area contributed by atoms with Crippen molar-refractivity contribution >= 4 is 29.1 Å². The topological polar surface area (TPSA) is 50.8 Å². The highest BCUT2D eigenvalue weighted by molar-refractivity contribution is 6.42. The lowest BCUT2D eigenvalue weighted by molar-refractivity contribution is -0.127. The van der Waals surface area contributed by atoms with E-state index < -0.39 is 6.10 Å². The second kappa shape index (κ2) is 10.1. The van der Waals surface area contributed by atoms with Crippen LogP contribution in [-0.4, -0.2) is 56.3 Å². The second-order valence-electron chi connectivity index (χ2n) is 5.79. The number of nitrogens with zero attached hydrogens (tertiary/aromatic N) is 1. The summed E-state index contributed by atoms with van der Waals surface area (Å²) >= 11 is 11.8. The summed E-state index contributed by atoms with van der Waals surface area (Å²) in [4.78, 5) is 14.4. The van der Waals surface area contributed by atoms with Crippen LogP contribution in [0.2, 0.25) is 10.0 Å². The van der Waals surface area contributed by atoms with Crippen molar-refractivity contribution in [2.75, 3.05) is 39.4 Å². The van der Waals surface area contributed by atoms with E-state index in [2.05, 4.69) is 10.2 Å². The van der Waals surface area contributed by atoms with E-state index in [1.165, 1.54) is 0 Å². The fourth-order valence-electron chi connectivity index (χ4n) is 2.45. The van der Waals surface area contributed by atoms with Crippen molar-refractivity contribution < 1.29 is 14.3 Å². The Kier molecular flexibility index (Phi) is 8.12. The Bertz CT molecular complexity index is 537. The molecule has 1 aromatic rings. The minimum absolute atomic E-state index is 0.132. The molecule has 1 aromatic carbocycles. The Morgan fingerprint density at radius 1 is 1.29 bits per heavy atom. The highest BCUT2D eigenvalue weighted by Crippen LogP contribution is 2.26. The quantitative estimate of drug-likeness (QED) is 0.710. The Balaban J connectivity index is 1.61. The molecule has 0 aromatic heterocycles.